The van der Waals surface area contributed by atoms with E-state index in [1.807, 2.05) is 13.8 Å². The van der Waals surface area contributed by atoms with Crippen molar-refractivity contribution in [3.8, 4) is 0 Å². The highest BCUT2D eigenvalue weighted by Crippen LogP contribution is 2.25. The van der Waals surface area contributed by atoms with Crippen LogP contribution in [0, 0.1) is 6.92 Å². The fourth-order valence-corrected chi connectivity index (χ4v) is 2.80. The molecule has 0 aromatic carbocycles. The molecule has 0 bridgehead atoms. The minimum absolute atomic E-state index is 0.0243. The molecule has 1 aliphatic rings. The van der Waals surface area contributed by atoms with Gasteiger partial charge in [-0.2, -0.15) is 5.10 Å². The summed E-state index contributed by atoms with van der Waals surface area (Å²) in [5.74, 6) is 1.19. The minimum atomic E-state index is -0.0243. The Labute approximate surface area is 129 Å². The largest absolute Gasteiger partial charge is 0.424 e. The van der Waals surface area contributed by atoms with Crippen LogP contribution < -0.4 is 5.56 Å². The maximum atomic E-state index is 12.1. The van der Waals surface area contributed by atoms with E-state index in [1.54, 1.807) is 17.7 Å². The van der Waals surface area contributed by atoms with Crippen LogP contribution in [0.3, 0.4) is 0 Å². The molecule has 1 unspecified atom stereocenters. The maximum absolute atomic E-state index is 12.1. The van der Waals surface area contributed by atoms with Crippen LogP contribution >= 0.6 is 0 Å². The zero-order valence-corrected chi connectivity index (χ0v) is 13.2. The highest BCUT2D eigenvalue weighted by molar-refractivity contribution is 5.21. The summed E-state index contributed by atoms with van der Waals surface area (Å²) in [5, 5.41) is 12.5. The second-order valence-corrected chi connectivity index (χ2v) is 5.73. The van der Waals surface area contributed by atoms with Gasteiger partial charge in [0.05, 0.1) is 11.7 Å². The summed E-state index contributed by atoms with van der Waals surface area (Å²) in [5.41, 5.74) is 2.01. The predicted octanol–water partition coefficient (Wildman–Crippen LogP) is 1.46. The fraction of sp³-hybridized carbons (Fsp3) is 0.600. The van der Waals surface area contributed by atoms with Crippen LogP contribution in [0.4, 0.5) is 0 Å². The molecule has 0 N–H and O–H groups in total. The Morgan fingerprint density at radius 2 is 2.23 bits per heavy atom. The first-order valence-corrected chi connectivity index (χ1v) is 7.72. The van der Waals surface area contributed by atoms with Crippen LogP contribution in [0.5, 0.6) is 0 Å². The van der Waals surface area contributed by atoms with Gasteiger partial charge in [-0.1, -0.05) is 6.92 Å². The monoisotopic (exact) mass is 303 g/mol. The van der Waals surface area contributed by atoms with Crippen molar-refractivity contribution in [2.75, 3.05) is 6.54 Å². The van der Waals surface area contributed by atoms with Crippen molar-refractivity contribution in [3.63, 3.8) is 0 Å². The molecule has 0 radical (unpaired) electrons. The Morgan fingerprint density at radius 3 is 2.91 bits per heavy atom. The quantitative estimate of drug-likeness (QED) is 0.851. The third kappa shape index (κ3) is 2.81. The number of nitrogens with zero attached hydrogens (tertiary/aromatic N) is 5. The minimum Gasteiger partial charge on any atom is -0.424 e. The van der Waals surface area contributed by atoms with Crippen molar-refractivity contribution in [2.24, 2.45) is 0 Å². The Bertz CT molecular complexity index is 721. The van der Waals surface area contributed by atoms with Crippen LogP contribution in [-0.4, -0.2) is 31.4 Å². The summed E-state index contributed by atoms with van der Waals surface area (Å²) in [6, 6.07) is 1.75. The van der Waals surface area contributed by atoms with Gasteiger partial charge in [0.15, 0.2) is 0 Å². The lowest BCUT2D eigenvalue weighted by atomic mass is 10.0. The van der Waals surface area contributed by atoms with Crippen molar-refractivity contribution in [1.29, 1.82) is 0 Å². The smallest absolute Gasteiger partial charge is 0.267 e. The number of aryl methyl sites for hydroxylation is 2. The molecule has 22 heavy (non-hydrogen) atoms. The van der Waals surface area contributed by atoms with Gasteiger partial charge >= 0.3 is 0 Å². The average Bonchev–Trinajstić information content (AvgIpc) is 2.93. The molecular formula is C15H21N5O2. The average molecular weight is 303 g/mol. The molecule has 0 spiro atoms. The van der Waals surface area contributed by atoms with Crippen LogP contribution in [0.15, 0.2) is 15.3 Å². The molecule has 3 rings (SSSR count). The van der Waals surface area contributed by atoms with E-state index >= 15 is 0 Å². The maximum Gasteiger partial charge on any atom is 0.267 e. The molecule has 7 nitrogen and oxygen atoms in total. The molecule has 0 fully saturated rings. The molecular weight excluding hydrogens is 282 g/mol. The van der Waals surface area contributed by atoms with E-state index in [4.69, 9.17) is 4.42 Å². The molecule has 2 aromatic heterocycles. The van der Waals surface area contributed by atoms with E-state index in [2.05, 4.69) is 20.2 Å². The molecule has 2 aromatic rings. The molecule has 0 saturated heterocycles. The van der Waals surface area contributed by atoms with Crippen molar-refractivity contribution in [1.82, 2.24) is 24.9 Å². The molecule has 3 heterocycles. The molecule has 0 amide bonds. The number of fused-ring (bicyclic) bond motifs is 1. The lowest BCUT2D eigenvalue weighted by Gasteiger charge is -2.31. The lowest BCUT2D eigenvalue weighted by molar-refractivity contribution is 0.163. The van der Waals surface area contributed by atoms with E-state index in [0.29, 0.717) is 24.9 Å². The summed E-state index contributed by atoms with van der Waals surface area (Å²) in [4.78, 5) is 14.3. The molecule has 1 atom stereocenters. The lowest BCUT2D eigenvalue weighted by Crippen LogP contribution is -2.36. The summed E-state index contributed by atoms with van der Waals surface area (Å²) >= 11 is 0. The summed E-state index contributed by atoms with van der Waals surface area (Å²) in [7, 11) is 0. The SMILES string of the molecule is CCCn1nc2c(cc1=O)CN(C(C)c1nnc(C)o1)CC2. The van der Waals surface area contributed by atoms with E-state index in [0.717, 1.165) is 30.6 Å². The summed E-state index contributed by atoms with van der Waals surface area (Å²) in [6.07, 6.45) is 1.74. The Morgan fingerprint density at radius 1 is 1.41 bits per heavy atom. The van der Waals surface area contributed by atoms with E-state index in [9.17, 15) is 4.79 Å². The van der Waals surface area contributed by atoms with Gasteiger partial charge in [0.1, 0.15) is 0 Å². The number of hydrogen-bond donors (Lipinski definition) is 0. The van der Waals surface area contributed by atoms with Gasteiger partial charge in [0, 0.05) is 39.0 Å². The Kier molecular flexibility index (Phi) is 4.06. The first-order valence-electron chi connectivity index (χ1n) is 7.72. The fourth-order valence-electron chi connectivity index (χ4n) is 2.80. The Hall–Kier alpha value is -2.02. The molecule has 0 saturated carbocycles. The first-order chi connectivity index (χ1) is 10.6. The normalized spacial score (nSPS) is 16.5. The van der Waals surface area contributed by atoms with Gasteiger partial charge in [0.2, 0.25) is 11.8 Å². The third-order valence-electron chi connectivity index (χ3n) is 4.06. The third-order valence-corrected chi connectivity index (χ3v) is 4.06. The number of hydrogen-bond acceptors (Lipinski definition) is 6. The molecule has 0 aliphatic carbocycles. The van der Waals surface area contributed by atoms with Crippen molar-refractivity contribution >= 4 is 0 Å². The van der Waals surface area contributed by atoms with Crippen molar-refractivity contribution in [2.45, 2.75) is 52.7 Å². The summed E-state index contributed by atoms with van der Waals surface area (Å²) < 4.78 is 7.08. The molecule has 118 valence electrons. The van der Waals surface area contributed by atoms with Crippen LogP contribution in [0.25, 0.3) is 0 Å². The number of aromatic nitrogens is 4. The second kappa shape index (κ2) is 6.00. The van der Waals surface area contributed by atoms with Crippen molar-refractivity contribution < 1.29 is 4.42 Å². The number of rotatable bonds is 4. The highest BCUT2D eigenvalue weighted by atomic mass is 16.4. The van der Waals surface area contributed by atoms with E-state index in [1.165, 1.54) is 0 Å². The van der Waals surface area contributed by atoms with Gasteiger partial charge in [-0.3, -0.25) is 9.69 Å². The van der Waals surface area contributed by atoms with Crippen LogP contribution in [0.2, 0.25) is 0 Å². The second-order valence-electron chi connectivity index (χ2n) is 5.73. The standard InChI is InChI=1S/C15H21N5O2/c1-4-6-20-14(21)8-12-9-19(7-5-13(12)18-20)10(2)15-17-16-11(3)22-15/h8,10H,4-7,9H2,1-3H3. The molecule has 7 heteroatoms. The van der Waals surface area contributed by atoms with Crippen LogP contribution in [0.1, 0.15) is 49.3 Å². The van der Waals surface area contributed by atoms with Crippen LogP contribution in [-0.2, 0) is 19.5 Å². The van der Waals surface area contributed by atoms with E-state index in [-0.39, 0.29) is 11.6 Å². The van der Waals surface area contributed by atoms with Gasteiger partial charge in [-0.05, 0) is 18.9 Å². The predicted molar refractivity (Wildman–Crippen MR) is 80.4 cm³/mol. The zero-order valence-electron chi connectivity index (χ0n) is 13.2. The van der Waals surface area contributed by atoms with Gasteiger partial charge < -0.3 is 4.42 Å². The first kappa shape index (κ1) is 14.9. The molecule has 1 aliphatic heterocycles. The van der Waals surface area contributed by atoms with Gasteiger partial charge in [-0.25, -0.2) is 4.68 Å². The van der Waals surface area contributed by atoms with Crippen molar-refractivity contribution in [3.05, 3.63) is 39.5 Å². The van der Waals surface area contributed by atoms with Gasteiger partial charge in [0.25, 0.3) is 5.56 Å². The highest BCUT2D eigenvalue weighted by Gasteiger charge is 2.26. The zero-order chi connectivity index (χ0) is 15.7. The summed E-state index contributed by atoms with van der Waals surface area (Å²) in [6.45, 7) is 8.11. The topological polar surface area (TPSA) is 77.1 Å². The Balaban J connectivity index is 1.81. The van der Waals surface area contributed by atoms with E-state index < -0.39 is 0 Å². The van der Waals surface area contributed by atoms with Gasteiger partial charge in [-0.15, -0.1) is 10.2 Å².